The van der Waals surface area contributed by atoms with Crippen LogP contribution in [0.25, 0.3) is 21.7 Å². The van der Waals surface area contributed by atoms with Gasteiger partial charge >= 0.3 is 0 Å². The molecule has 2 N–H and O–H groups in total. The van der Waals surface area contributed by atoms with E-state index in [0.29, 0.717) is 5.69 Å². The maximum Gasteiger partial charge on any atom is 0.272 e. The number of hydrogen-bond donors (Lipinski definition) is 2. The molecule has 3 aromatic carbocycles. The second-order valence-corrected chi connectivity index (χ2v) is 5.25. The Morgan fingerprint density at radius 3 is 2.36 bits per heavy atom. The first-order chi connectivity index (χ1) is 10.8. The highest BCUT2D eigenvalue weighted by molar-refractivity contribution is 5.95. The fourth-order valence-electron chi connectivity index (χ4n) is 2.72. The molecular formula is C19H14N2O. The molecule has 3 nitrogen and oxygen atoms in total. The molecule has 0 atom stereocenters. The first-order valence-corrected chi connectivity index (χ1v) is 7.18. The van der Waals surface area contributed by atoms with Gasteiger partial charge in [-0.05, 0) is 23.6 Å². The molecule has 4 rings (SSSR count). The molecular weight excluding hydrogens is 272 g/mol. The number of benzene rings is 3. The monoisotopic (exact) mass is 286 g/mol. The minimum absolute atomic E-state index is 0.119. The van der Waals surface area contributed by atoms with Crippen LogP contribution in [0.1, 0.15) is 0 Å². The van der Waals surface area contributed by atoms with Crippen molar-refractivity contribution in [2.75, 3.05) is 5.32 Å². The molecule has 0 aliphatic rings. The smallest absolute Gasteiger partial charge is 0.272 e. The van der Waals surface area contributed by atoms with Gasteiger partial charge in [-0.2, -0.15) is 0 Å². The molecule has 0 aliphatic carbocycles. The minimum Gasteiger partial charge on any atom is -0.351 e. The van der Waals surface area contributed by atoms with Crippen molar-refractivity contribution in [1.29, 1.82) is 0 Å². The van der Waals surface area contributed by atoms with Crippen LogP contribution in [0, 0.1) is 0 Å². The molecule has 0 saturated carbocycles. The predicted molar refractivity (Wildman–Crippen MR) is 91.8 cm³/mol. The quantitative estimate of drug-likeness (QED) is 0.572. The van der Waals surface area contributed by atoms with Crippen LogP contribution in [-0.4, -0.2) is 4.98 Å². The van der Waals surface area contributed by atoms with E-state index in [0.717, 1.165) is 27.4 Å². The summed E-state index contributed by atoms with van der Waals surface area (Å²) >= 11 is 0. The molecule has 0 fully saturated rings. The summed E-state index contributed by atoms with van der Waals surface area (Å²) in [6.45, 7) is 0. The zero-order chi connectivity index (χ0) is 14.9. The molecule has 0 unspecified atom stereocenters. The van der Waals surface area contributed by atoms with E-state index < -0.39 is 0 Å². The van der Waals surface area contributed by atoms with E-state index in [-0.39, 0.29) is 5.56 Å². The van der Waals surface area contributed by atoms with Crippen molar-refractivity contribution in [2.24, 2.45) is 0 Å². The van der Waals surface area contributed by atoms with Crippen molar-refractivity contribution < 1.29 is 0 Å². The van der Waals surface area contributed by atoms with Gasteiger partial charge in [-0.15, -0.1) is 0 Å². The molecule has 4 aromatic rings. The predicted octanol–water partition coefficient (Wildman–Crippen LogP) is 4.42. The first-order valence-electron chi connectivity index (χ1n) is 7.18. The van der Waals surface area contributed by atoms with Crippen molar-refractivity contribution in [3.8, 4) is 0 Å². The number of anilines is 2. The maximum atomic E-state index is 12.3. The zero-order valence-electron chi connectivity index (χ0n) is 11.8. The Bertz CT molecular complexity index is 1030. The number of rotatable bonds is 2. The summed E-state index contributed by atoms with van der Waals surface area (Å²) in [6, 6.07) is 23.8. The maximum absolute atomic E-state index is 12.3. The van der Waals surface area contributed by atoms with E-state index in [1.165, 1.54) is 0 Å². The van der Waals surface area contributed by atoms with Crippen LogP contribution in [0.3, 0.4) is 0 Å². The molecule has 0 spiro atoms. The van der Waals surface area contributed by atoms with E-state index in [2.05, 4.69) is 22.4 Å². The summed E-state index contributed by atoms with van der Waals surface area (Å²) < 4.78 is 0. The molecule has 1 heterocycles. The Kier molecular flexibility index (Phi) is 2.90. The number of nitrogens with one attached hydrogen (secondary N) is 2. The molecule has 0 aliphatic heterocycles. The lowest BCUT2D eigenvalue weighted by Gasteiger charge is -2.10. The molecule has 22 heavy (non-hydrogen) atoms. The number of fused-ring (bicyclic) bond motifs is 2. The SMILES string of the molecule is O=c1[nH]c2ccccc2cc1Nc1cccc2ccccc12. The van der Waals surface area contributed by atoms with Crippen LogP contribution in [0.5, 0.6) is 0 Å². The topological polar surface area (TPSA) is 44.9 Å². The molecule has 1 aromatic heterocycles. The van der Waals surface area contributed by atoms with E-state index in [9.17, 15) is 4.79 Å². The summed E-state index contributed by atoms with van der Waals surface area (Å²) in [7, 11) is 0. The van der Waals surface area contributed by atoms with Gasteiger partial charge in [0.1, 0.15) is 5.69 Å². The van der Waals surface area contributed by atoms with Crippen molar-refractivity contribution in [2.45, 2.75) is 0 Å². The summed E-state index contributed by atoms with van der Waals surface area (Å²) in [4.78, 5) is 15.2. The van der Waals surface area contributed by atoms with Crippen molar-refractivity contribution in [3.05, 3.63) is 83.2 Å². The number of aromatic amines is 1. The Hall–Kier alpha value is -3.07. The largest absolute Gasteiger partial charge is 0.351 e. The Balaban J connectivity index is 1.86. The molecule has 0 radical (unpaired) electrons. The van der Waals surface area contributed by atoms with Gasteiger partial charge in [0.25, 0.3) is 5.56 Å². The number of para-hydroxylation sites is 1. The third-order valence-electron chi connectivity index (χ3n) is 3.81. The Labute approximate surface area is 127 Å². The van der Waals surface area contributed by atoms with Crippen LogP contribution in [0.15, 0.2) is 77.6 Å². The highest BCUT2D eigenvalue weighted by Gasteiger charge is 2.05. The summed E-state index contributed by atoms with van der Waals surface area (Å²) in [5.41, 5.74) is 2.21. The van der Waals surface area contributed by atoms with Gasteiger partial charge in [0.05, 0.1) is 0 Å². The van der Waals surface area contributed by atoms with Crippen LogP contribution in [0.4, 0.5) is 11.4 Å². The second-order valence-electron chi connectivity index (χ2n) is 5.25. The van der Waals surface area contributed by atoms with E-state index in [1.54, 1.807) is 0 Å². The summed E-state index contributed by atoms with van der Waals surface area (Å²) in [5.74, 6) is 0. The van der Waals surface area contributed by atoms with E-state index in [1.807, 2.05) is 60.7 Å². The van der Waals surface area contributed by atoms with Gasteiger partial charge in [0.15, 0.2) is 0 Å². The van der Waals surface area contributed by atoms with Crippen molar-refractivity contribution in [1.82, 2.24) is 4.98 Å². The number of H-pyrrole nitrogens is 1. The molecule has 106 valence electrons. The Morgan fingerprint density at radius 1 is 0.727 bits per heavy atom. The fraction of sp³-hybridized carbons (Fsp3) is 0. The average Bonchev–Trinajstić information content (AvgIpc) is 2.56. The van der Waals surface area contributed by atoms with Gasteiger partial charge in [-0.3, -0.25) is 4.79 Å². The van der Waals surface area contributed by atoms with Crippen LogP contribution in [0.2, 0.25) is 0 Å². The van der Waals surface area contributed by atoms with Gasteiger partial charge in [-0.1, -0.05) is 54.6 Å². The molecule has 0 bridgehead atoms. The van der Waals surface area contributed by atoms with Gasteiger partial charge < -0.3 is 10.3 Å². The lowest BCUT2D eigenvalue weighted by molar-refractivity contribution is 1.30. The highest BCUT2D eigenvalue weighted by Crippen LogP contribution is 2.25. The van der Waals surface area contributed by atoms with E-state index in [4.69, 9.17) is 0 Å². The van der Waals surface area contributed by atoms with Crippen LogP contribution < -0.4 is 10.9 Å². The number of aromatic nitrogens is 1. The Morgan fingerprint density at radius 2 is 1.45 bits per heavy atom. The number of hydrogen-bond acceptors (Lipinski definition) is 2. The molecule has 0 amide bonds. The van der Waals surface area contributed by atoms with Crippen molar-refractivity contribution in [3.63, 3.8) is 0 Å². The van der Waals surface area contributed by atoms with Crippen LogP contribution in [-0.2, 0) is 0 Å². The van der Waals surface area contributed by atoms with Gasteiger partial charge in [-0.25, -0.2) is 0 Å². The second kappa shape index (κ2) is 5.04. The van der Waals surface area contributed by atoms with Gasteiger partial charge in [0.2, 0.25) is 0 Å². The third-order valence-corrected chi connectivity index (χ3v) is 3.81. The molecule has 3 heteroatoms. The molecule has 0 saturated heterocycles. The lowest BCUT2D eigenvalue weighted by atomic mass is 10.1. The summed E-state index contributed by atoms with van der Waals surface area (Å²) in [6.07, 6.45) is 0. The van der Waals surface area contributed by atoms with Crippen molar-refractivity contribution >= 4 is 33.1 Å². The first kappa shape index (κ1) is 12.7. The number of pyridine rings is 1. The zero-order valence-corrected chi connectivity index (χ0v) is 11.8. The average molecular weight is 286 g/mol. The summed E-state index contributed by atoms with van der Waals surface area (Å²) in [5, 5.41) is 6.51. The highest BCUT2D eigenvalue weighted by atomic mass is 16.1. The minimum atomic E-state index is -0.119. The van der Waals surface area contributed by atoms with Crippen LogP contribution >= 0.6 is 0 Å². The standard InChI is InChI=1S/C19H14N2O/c22-19-18(12-14-7-2-4-10-16(14)21-19)20-17-11-5-8-13-6-1-3-9-15(13)17/h1-12,20H,(H,21,22). The van der Waals surface area contributed by atoms with Gasteiger partial charge in [0, 0.05) is 22.0 Å². The van der Waals surface area contributed by atoms with E-state index >= 15 is 0 Å². The third kappa shape index (κ3) is 2.13. The fourth-order valence-corrected chi connectivity index (χ4v) is 2.72. The lowest BCUT2D eigenvalue weighted by Crippen LogP contribution is -2.11. The normalized spacial score (nSPS) is 10.9.